The molecule has 2 unspecified atom stereocenters. The summed E-state index contributed by atoms with van der Waals surface area (Å²) < 4.78 is 0. The molecule has 3 aromatic carbocycles. The number of hydrogen-bond acceptors (Lipinski definition) is 2. The second kappa shape index (κ2) is 6.97. The minimum absolute atomic E-state index is 0.0547. The van der Waals surface area contributed by atoms with Gasteiger partial charge in [-0.25, -0.2) is 0 Å². The van der Waals surface area contributed by atoms with Crippen LogP contribution in [-0.2, 0) is 0 Å². The van der Waals surface area contributed by atoms with Crippen molar-refractivity contribution in [2.75, 3.05) is 4.90 Å². The van der Waals surface area contributed by atoms with Crippen molar-refractivity contribution in [3.05, 3.63) is 101 Å². The molecule has 0 radical (unpaired) electrons. The van der Waals surface area contributed by atoms with Gasteiger partial charge >= 0.3 is 0 Å². The molecule has 0 aromatic heterocycles. The van der Waals surface area contributed by atoms with Crippen molar-refractivity contribution in [1.29, 1.82) is 0 Å². The summed E-state index contributed by atoms with van der Waals surface area (Å²) in [5, 5.41) is 0.761. The highest BCUT2D eigenvalue weighted by atomic mass is 35.5. The molecule has 0 N–H and O–H groups in total. The molecule has 2 nitrogen and oxygen atoms in total. The van der Waals surface area contributed by atoms with Gasteiger partial charge in [-0.2, -0.15) is 0 Å². The van der Waals surface area contributed by atoms with Crippen LogP contribution in [0.2, 0.25) is 5.02 Å². The van der Waals surface area contributed by atoms with Crippen molar-refractivity contribution in [3.8, 4) is 0 Å². The van der Waals surface area contributed by atoms with E-state index in [9.17, 15) is 0 Å². The largest absolute Gasteiger partial charge is 0.337 e. The third-order valence-corrected chi connectivity index (χ3v) is 5.20. The lowest BCUT2D eigenvalue weighted by atomic mass is 10.0. The Morgan fingerprint density at radius 3 is 2.19 bits per heavy atom. The zero-order valence-electron chi connectivity index (χ0n) is 14.9. The van der Waals surface area contributed by atoms with Gasteiger partial charge in [-0.15, -0.1) is 0 Å². The fourth-order valence-electron chi connectivity index (χ4n) is 3.59. The van der Waals surface area contributed by atoms with Crippen LogP contribution in [-0.4, -0.2) is 11.8 Å². The zero-order chi connectivity index (χ0) is 18.1. The molecule has 4 rings (SSSR count). The first-order valence-corrected chi connectivity index (χ1v) is 9.25. The lowest BCUT2D eigenvalue weighted by Crippen LogP contribution is -2.35. The van der Waals surface area contributed by atoms with E-state index in [0.29, 0.717) is 0 Å². The fourth-order valence-corrected chi connectivity index (χ4v) is 3.92. The first-order valence-electron chi connectivity index (χ1n) is 8.87. The van der Waals surface area contributed by atoms with Crippen LogP contribution in [0.25, 0.3) is 0 Å². The number of para-hydroxylation sites is 1. The van der Waals surface area contributed by atoms with Crippen molar-refractivity contribution >= 4 is 23.0 Å². The quantitative estimate of drug-likeness (QED) is 0.555. The number of anilines is 1. The van der Waals surface area contributed by atoms with Crippen LogP contribution in [0.4, 0.5) is 5.69 Å². The molecule has 0 aliphatic carbocycles. The summed E-state index contributed by atoms with van der Waals surface area (Å²) in [7, 11) is 0. The van der Waals surface area contributed by atoms with Gasteiger partial charge in [0.15, 0.2) is 0 Å². The molecule has 0 spiro atoms. The number of benzene rings is 3. The average molecular weight is 361 g/mol. The highest BCUT2D eigenvalue weighted by Crippen LogP contribution is 2.38. The molecular formula is C23H21ClN2. The van der Waals surface area contributed by atoms with E-state index in [1.807, 2.05) is 18.2 Å². The summed E-state index contributed by atoms with van der Waals surface area (Å²) in [6, 6.07) is 27.2. The van der Waals surface area contributed by atoms with Crippen molar-refractivity contribution in [2.24, 2.45) is 4.99 Å². The van der Waals surface area contributed by atoms with E-state index in [0.717, 1.165) is 27.5 Å². The Bertz CT molecular complexity index is 935. The second-order valence-corrected chi connectivity index (χ2v) is 7.11. The normalized spacial score (nSPS) is 19.5. The summed E-state index contributed by atoms with van der Waals surface area (Å²) in [5.41, 5.74) is 5.55. The molecule has 0 saturated heterocycles. The Hall–Kier alpha value is -2.58. The monoisotopic (exact) mass is 360 g/mol. The second-order valence-electron chi connectivity index (χ2n) is 6.70. The summed E-state index contributed by atoms with van der Waals surface area (Å²) >= 11 is 6.56. The lowest BCUT2D eigenvalue weighted by molar-refractivity contribution is 0.675. The van der Waals surface area contributed by atoms with Gasteiger partial charge in [0.2, 0.25) is 0 Å². The summed E-state index contributed by atoms with van der Waals surface area (Å²) in [6.07, 6.45) is -0.0547. The Labute approximate surface area is 159 Å². The van der Waals surface area contributed by atoms with Crippen molar-refractivity contribution in [3.63, 3.8) is 0 Å². The average Bonchev–Trinajstić information content (AvgIpc) is 3.00. The number of nitrogens with zero attached hydrogens (tertiary/aromatic N) is 2. The van der Waals surface area contributed by atoms with E-state index in [1.54, 1.807) is 0 Å². The number of aliphatic imine (C=N–C) groups is 1. The molecular weight excluding hydrogens is 340 g/mol. The molecule has 0 amide bonds. The molecule has 3 heteroatoms. The van der Waals surface area contributed by atoms with Crippen molar-refractivity contribution < 1.29 is 0 Å². The van der Waals surface area contributed by atoms with Crippen LogP contribution in [0, 0.1) is 6.92 Å². The van der Waals surface area contributed by atoms with Gasteiger partial charge in [0.05, 0.1) is 11.8 Å². The van der Waals surface area contributed by atoms with Crippen LogP contribution in [0.3, 0.4) is 0 Å². The van der Waals surface area contributed by atoms with Crippen LogP contribution in [0.1, 0.15) is 29.8 Å². The Balaban J connectivity index is 1.83. The number of aryl methyl sites for hydroxylation is 1. The Morgan fingerprint density at radius 1 is 0.885 bits per heavy atom. The van der Waals surface area contributed by atoms with E-state index in [1.165, 1.54) is 5.56 Å². The van der Waals surface area contributed by atoms with Crippen molar-refractivity contribution in [2.45, 2.75) is 26.1 Å². The lowest BCUT2D eigenvalue weighted by Gasteiger charge is -2.30. The maximum Gasteiger partial charge on any atom is 0.148 e. The molecule has 1 aliphatic heterocycles. The summed E-state index contributed by atoms with van der Waals surface area (Å²) in [5.74, 6) is 0. The highest BCUT2D eigenvalue weighted by Gasteiger charge is 2.35. The molecule has 0 fully saturated rings. The third-order valence-electron chi connectivity index (χ3n) is 4.89. The van der Waals surface area contributed by atoms with Crippen molar-refractivity contribution in [1.82, 2.24) is 0 Å². The summed E-state index contributed by atoms with van der Waals surface area (Å²) in [6.45, 7) is 4.25. The van der Waals surface area contributed by atoms with Gasteiger partial charge in [0, 0.05) is 16.3 Å². The number of hydrogen-bond donors (Lipinski definition) is 0. The molecule has 26 heavy (non-hydrogen) atoms. The topological polar surface area (TPSA) is 15.6 Å². The number of rotatable bonds is 3. The van der Waals surface area contributed by atoms with Gasteiger partial charge in [-0.05, 0) is 43.2 Å². The Morgan fingerprint density at radius 2 is 1.54 bits per heavy atom. The smallest absolute Gasteiger partial charge is 0.148 e. The number of halogens is 1. The maximum absolute atomic E-state index is 6.56. The van der Waals surface area contributed by atoms with Gasteiger partial charge in [0.1, 0.15) is 6.17 Å². The van der Waals surface area contributed by atoms with Gasteiger partial charge in [-0.1, -0.05) is 72.3 Å². The van der Waals surface area contributed by atoms with Crippen LogP contribution in [0.15, 0.2) is 83.9 Å². The van der Waals surface area contributed by atoms with Gasteiger partial charge in [-0.3, -0.25) is 4.99 Å². The van der Waals surface area contributed by atoms with Crippen LogP contribution < -0.4 is 4.90 Å². The third kappa shape index (κ3) is 3.02. The SMILES string of the molecule is Cc1ccc(C2=NC(c3ccccc3)N(c3ccccc3)C2C)c(Cl)c1. The summed E-state index contributed by atoms with van der Waals surface area (Å²) in [4.78, 5) is 7.48. The predicted molar refractivity (Wildman–Crippen MR) is 110 cm³/mol. The maximum atomic E-state index is 6.56. The Kier molecular flexibility index (Phi) is 4.52. The molecule has 2 atom stereocenters. The highest BCUT2D eigenvalue weighted by molar-refractivity contribution is 6.34. The molecule has 1 aliphatic rings. The molecule has 0 bridgehead atoms. The van der Waals surface area contributed by atoms with E-state index in [2.05, 4.69) is 79.4 Å². The molecule has 3 aromatic rings. The van der Waals surface area contributed by atoms with Crippen LogP contribution >= 0.6 is 11.6 Å². The predicted octanol–water partition coefficient (Wildman–Crippen LogP) is 6.05. The fraction of sp³-hybridized carbons (Fsp3) is 0.174. The zero-order valence-corrected chi connectivity index (χ0v) is 15.7. The van der Waals surface area contributed by atoms with E-state index in [-0.39, 0.29) is 12.2 Å². The first-order chi connectivity index (χ1) is 12.6. The van der Waals surface area contributed by atoms with E-state index in [4.69, 9.17) is 16.6 Å². The van der Waals surface area contributed by atoms with E-state index >= 15 is 0 Å². The van der Waals surface area contributed by atoms with Gasteiger partial charge in [0.25, 0.3) is 0 Å². The standard InChI is InChI=1S/C23H21ClN2/c1-16-13-14-20(21(24)15-16)22-17(2)26(19-11-7-4-8-12-19)23(25-22)18-9-5-3-6-10-18/h3-15,17,23H,1-2H3. The van der Waals surface area contributed by atoms with E-state index < -0.39 is 0 Å². The molecule has 130 valence electrons. The molecule has 1 heterocycles. The minimum atomic E-state index is -0.0547. The first kappa shape index (κ1) is 16.9. The minimum Gasteiger partial charge on any atom is -0.337 e. The van der Waals surface area contributed by atoms with Gasteiger partial charge < -0.3 is 4.90 Å². The van der Waals surface area contributed by atoms with Crippen LogP contribution in [0.5, 0.6) is 0 Å². The molecule has 0 saturated carbocycles.